The molecule has 1 aromatic carbocycles. The topological polar surface area (TPSA) is 38.5 Å². The smallest absolute Gasteiger partial charge is 0.145 e. The number of nitrogens with zero attached hydrogens (tertiary/aromatic N) is 1. The van der Waals surface area contributed by atoms with Crippen LogP contribution >= 0.6 is 11.6 Å². The van der Waals surface area contributed by atoms with E-state index in [9.17, 15) is 4.39 Å². The molecular formula is C14H22ClFN2O. The second-order valence-corrected chi connectivity index (χ2v) is 5.49. The standard InChI is InChI=1S/C14H22ClFN2O/c1-9(2)18(10(3)4)5-6-19-14-8-12(16)11(15)7-13(14)17/h7-10H,5-6,17H2,1-4H3. The van der Waals surface area contributed by atoms with Gasteiger partial charge in [0.15, 0.2) is 0 Å². The molecule has 0 radical (unpaired) electrons. The van der Waals surface area contributed by atoms with Crippen LogP contribution in [0.1, 0.15) is 27.7 Å². The van der Waals surface area contributed by atoms with Gasteiger partial charge in [0.25, 0.3) is 0 Å². The number of hydrogen-bond donors (Lipinski definition) is 1. The molecule has 0 aliphatic carbocycles. The van der Waals surface area contributed by atoms with Crippen LogP contribution in [0.15, 0.2) is 12.1 Å². The number of hydrogen-bond acceptors (Lipinski definition) is 3. The fourth-order valence-corrected chi connectivity index (χ4v) is 2.21. The Labute approximate surface area is 119 Å². The molecule has 0 saturated carbocycles. The molecular weight excluding hydrogens is 267 g/mol. The Morgan fingerprint density at radius 2 is 1.84 bits per heavy atom. The molecule has 0 atom stereocenters. The fraction of sp³-hybridized carbons (Fsp3) is 0.571. The van der Waals surface area contributed by atoms with E-state index in [2.05, 4.69) is 32.6 Å². The van der Waals surface area contributed by atoms with E-state index in [4.69, 9.17) is 22.1 Å². The molecule has 108 valence electrons. The van der Waals surface area contributed by atoms with Crippen LogP contribution < -0.4 is 10.5 Å². The van der Waals surface area contributed by atoms with Gasteiger partial charge in [0.2, 0.25) is 0 Å². The summed E-state index contributed by atoms with van der Waals surface area (Å²) in [6.45, 7) is 9.76. The van der Waals surface area contributed by atoms with Crippen LogP contribution in [0.5, 0.6) is 5.75 Å². The van der Waals surface area contributed by atoms with Gasteiger partial charge in [-0.1, -0.05) is 11.6 Å². The molecule has 0 fully saturated rings. The van der Waals surface area contributed by atoms with Crippen molar-refractivity contribution in [2.24, 2.45) is 0 Å². The molecule has 0 spiro atoms. The van der Waals surface area contributed by atoms with Gasteiger partial charge in [0, 0.05) is 24.7 Å². The fourth-order valence-electron chi connectivity index (χ4n) is 2.04. The van der Waals surface area contributed by atoms with Crippen molar-refractivity contribution in [3.63, 3.8) is 0 Å². The maximum Gasteiger partial charge on any atom is 0.145 e. The lowest BCUT2D eigenvalue weighted by atomic mass is 10.2. The zero-order valence-corrected chi connectivity index (χ0v) is 12.7. The Kier molecular flexibility index (Phi) is 5.88. The van der Waals surface area contributed by atoms with Crippen molar-refractivity contribution in [1.29, 1.82) is 0 Å². The summed E-state index contributed by atoms with van der Waals surface area (Å²) in [5.74, 6) is -0.176. The summed E-state index contributed by atoms with van der Waals surface area (Å²) in [6, 6.07) is 3.47. The minimum Gasteiger partial charge on any atom is -0.490 e. The third kappa shape index (κ3) is 4.55. The van der Waals surface area contributed by atoms with Crippen molar-refractivity contribution in [2.75, 3.05) is 18.9 Å². The van der Waals surface area contributed by atoms with E-state index in [1.807, 2.05) is 0 Å². The number of rotatable bonds is 6. The first-order valence-corrected chi connectivity index (χ1v) is 6.83. The number of anilines is 1. The normalized spacial score (nSPS) is 11.6. The molecule has 0 unspecified atom stereocenters. The monoisotopic (exact) mass is 288 g/mol. The first-order valence-electron chi connectivity index (χ1n) is 6.46. The summed E-state index contributed by atoms with van der Waals surface area (Å²) >= 11 is 5.63. The van der Waals surface area contributed by atoms with E-state index in [1.165, 1.54) is 12.1 Å². The van der Waals surface area contributed by atoms with Gasteiger partial charge in [0.05, 0.1) is 10.7 Å². The SMILES string of the molecule is CC(C)N(CCOc1cc(F)c(Cl)cc1N)C(C)C. The molecule has 0 amide bonds. The molecule has 0 heterocycles. The largest absolute Gasteiger partial charge is 0.490 e. The lowest BCUT2D eigenvalue weighted by molar-refractivity contribution is 0.142. The van der Waals surface area contributed by atoms with Crippen molar-refractivity contribution >= 4 is 17.3 Å². The van der Waals surface area contributed by atoms with Crippen LogP contribution in [0.3, 0.4) is 0 Å². The Morgan fingerprint density at radius 1 is 1.26 bits per heavy atom. The summed E-state index contributed by atoms with van der Waals surface area (Å²) < 4.78 is 18.9. The number of benzene rings is 1. The van der Waals surface area contributed by atoms with Crippen LogP contribution in [-0.2, 0) is 0 Å². The van der Waals surface area contributed by atoms with Gasteiger partial charge in [-0.2, -0.15) is 0 Å². The van der Waals surface area contributed by atoms with Crippen LogP contribution in [0.4, 0.5) is 10.1 Å². The highest BCUT2D eigenvalue weighted by Crippen LogP contribution is 2.28. The lowest BCUT2D eigenvalue weighted by Gasteiger charge is -2.30. The summed E-state index contributed by atoms with van der Waals surface area (Å²) in [4.78, 5) is 2.29. The van der Waals surface area contributed by atoms with Crippen LogP contribution in [0.2, 0.25) is 5.02 Å². The maximum atomic E-state index is 13.3. The van der Waals surface area contributed by atoms with Crippen LogP contribution in [-0.4, -0.2) is 30.1 Å². The highest BCUT2D eigenvalue weighted by atomic mass is 35.5. The second kappa shape index (κ2) is 6.96. The van der Waals surface area contributed by atoms with Crippen LogP contribution in [0.25, 0.3) is 0 Å². The molecule has 0 aliphatic heterocycles. The van der Waals surface area contributed by atoms with E-state index < -0.39 is 5.82 Å². The zero-order chi connectivity index (χ0) is 14.6. The minimum atomic E-state index is -0.518. The maximum absolute atomic E-state index is 13.3. The Balaban J connectivity index is 2.60. The Bertz CT molecular complexity index is 416. The lowest BCUT2D eigenvalue weighted by Crippen LogP contribution is -2.39. The summed E-state index contributed by atoms with van der Waals surface area (Å²) in [5.41, 5.74) is 6.09. The Hall–Kier alpha value is -1.00. The molecule has 2 N–H and O–H groups in total. The van der Waals surface area contributed by atoms with Crippen molar-refractivity contribution in [2.45, 2.75) is 39.8 Å². The summed E-state index contributed by atoms with van der Waals surface area (Å²) in [6.07, 6.45) is 0. The molecule has 0 aromatic heterocycles. The number of nitrogen functional groups attached to an aromatic ring is 1. The minimum absolute atomic E-state index is 0.0100. The van der Waals surface area contributed by atoms with Gasteiger partial charge in [-0.25, -0.2) is 4.39 Å². The van der Waals surface area contributed by atoms with Gasteiger partial charge < -0.3 is 10.5 Å². The number of nitrogens with two attached hydrogens (primary N) is 1. The molecule has 0 bridgehead atoms. The zero-order valence-electron chi connectivity index (χ0n) is 11.9. The van der Waals surface area contributed by atoms with Crippen LogP contribution in [0, 0.1) is 5.82 Å². The molecule has 1 aromatic rings. The molecule has 0 saturated heterocycles. The van der Waals surface area contributed by atoms with E-state index in [-0.39, 0.29) is 5.02 Å². The average molecular weight is 289 g/mol. The molecule has 3 nitrogen and oxygen atoms in total. The van der Waals surface area contributed by atoms with Gasteiger partial charge >= 0.3 is 0 Å². The van der Waals surface area contributed by atoms with E-state index in [0.29, 0.717) is 30.1 Å². The summed E-state index contributed by atoms with van der Waals surface area (Å²) in [7, 11) is 0. The molecule has 5 heteroatoms. The first-order chi connectivity index (χ1) is 8.82. The molecule has 19 heavy (non-hydrogen) atoms. The molecule has 1 rings (SSSR count). The van der Waals surface area contributed by atoms with Gasteiger partial charge in [-0.15, -0.1) is 0 Å². The predicted octanol–water partition coefficient (Wildman–Crippen LogP) is 3.56. The third-order valence-corrected chi connectivity index (χ3v) is 3.28. The number of halogens is 2. The Morgan fingerprint density at radius 3 is 2.37 bits per heavy atom. The van der Waals surface area contributed by atoms with Gasteiger partial charge in [-0.3, -0.25) is 4.90 Å². The third-order valence-electron chi connectivity index (χ3n) is 2.99. The highest BCUT2D eigenvalue weighted by Gasteiger charge is 2.13. The van der Waals surface area contributed by atoms with E-state index in [1.54, 1.807) is 0 Å². The average Bonchev–Trinajstić information content (AvgIpc) is 2.29. The number of ether oxygens (including phenoxy) is 1. The predicted molar refractivity (Wildman–Crippen MR) is 78.3 cm³/mol. The van der Waals surface area contributed by atoms with Crippen molar-refractivity contribution in [3.8, 4) is 5.75 Å². The highest BCUT2D eigenvalue weighted by molar-refractivity contribution is 6.31. The molecule has 0 aliphatic rings. The van der Waals surface area contributed by atoms with Gasteiger partial charge in [0.1, 0.15) is 18.2 Å². The first kappa shape index (κ1) is 16.1. The van der Waals surface area contributed by atoms with E-state index in [0.717, 1.165) is 6.54 Å². The van der Waals surface area contributed by atoms with Crippen molar-refractivity contribution in [1.82, 2.24) is 4.90 Å². The second-order valence-electron chi connectivity index (χ2n) is 5.08. The van der Waals surface area contributed by atoms with Crippen molar-refractivity contribution < 1.29 is 9.13 Å². The van der Waals surface area contributed by atoms with E-state index >= 15 is 0 Å². The van der Waals surface area contributed by atoms with Gasteiger partial charge in [-0.05, 0) is 33.8 Å². The summed E-state index contributed by atoms with van der Waals surface area (Å²) in [5, 5.41) is 0.0100. The quantitative estimate of drug-likeness (QED) is 0.814. The van der Waals surface area contributed by atoms with Crippen molar-refractivity contribution in [3.05, 3.63) is 23.0 Å².